The van der Waals surface area contributed by atoms with Gasteiger partial charge in [-0.1, -0.05) is 18.2 Å². The summed E-state index contributed by atoms with van der Waals surface area (Å²) in [6.07, 6.45) is 3.31. The van der Waals surface area contributed by atoms with Gasteiger partial charge in [-0.15, -0.1) is 0 Å². The maximum absolute atomic E-state index is 7.07. The van der Waals surface area contributed by atoms with Crippen LogP contribution in [0, 0.1) is 5.41 Å². The Morgan fingerprint density at radius 3 is 3.00 bits per heavy atom. The first kappa shape index (κ1) is 7.10. The average molecular weight is 159 g/mol. The molecule has 0 aliphatic carbocycles. The van der Waals surface area contributed by atoms with E-state index in [1.165, 1.54) is 6.21 Å². The molecular weight excluding hydrogens is 150 g/mol. The molecule has 2 heteroatoms. The van der Waals surface area contributed by atoms with E-state index in [-0.39, 0.29) is 0 Å². The lowest BCUT2D eigenvalue weighted by Crippen LogP contribution is -2.07. The van der Waals surface area contributed by atoms with E-state index < -0.39 is 0 Å². The zero-order valence-electron chi connectivity index (χ0n) is 6.58. The number of para-hydroxylation sites is 1. The molecule has 2 rings (SSSR count). The molecule has 1 heterocycles. The quantitative estimate of drug-likeness (QED) is 0.625. The molecule has 1 N–H and O–H groups in total. The molecule has 0 aromatic heterocycles. The van der Waals surface area contributed by atoms with Crippen molar-refractivity contribution in [2.45, 2.75) is 0 Å². The zero-order chi connectivity index (χ0) is 8.39. The molecule has 0 bridgehead atoms. The summed E-state index contributed by atoms with van der Waals surface area (Å²) in [5.41, 5.74) is 1.97. The fraction of sp³-hybridized carbons (Fsp3) is 0.100. The maximum Gasteiger partial charge on any atom is 0.127 e. The Morgan fingerprint density at radius 2 is 2.17 bits per heavy atom. The van der Waals surface area contributed by atoms with E-state index >= 15 is 0 Å². The van der Waals surface area contributed by atoms with Gasteiger partial charge in [0.25, 0.3) is 0 Å². The molecule has 0 unspecified atom stereocenters. The number of ether oxygens (including phenoxy) is 1. The van der Waals surface area contributed by atoms with Crippen LogP contribution < -0.4 is 4.74 Å². The lowest BCUT2D eigenvalue weighted by atomic mass is 10.1. The Balaban J connectivity index is 2.47. The lowest BCUT2D eigenvalue weighted by molar-refractivity contribution is 0.353. The summed E-state index contributed by atoms with van der Waals surface area (Å²) in [7, 11) is 0. The average Bonchev–Trinajstić information content (AvgIpc) is 2.17. The lowest BCUT2D eigenvalue weighted by Gasteiger charge is -2.14. The van der Waals surface area contributed by atoms with E-state index in [0.29, 0.717) is 6.61 Å². The van der Waals surface area contributed by atoms with Gasteiger partial charge in [-0.05, 0) is 12.1 Å². The summed E-state index contributed by atoms with van der Waals surface area (Å²) in [6.45, 7) is 0.514. The monoisotopic (exact) mass is 159 g/mol. The van der Waals surface area contributed by atoms with Crippen molar-refractivity contribution in [3.63, 3.8) is 0 Å². The maximum atomic E-state index is 7.07. The van der Waals surface area contributed by atoms with Gasteiger partial charge in [-0.25, -0.2) is 0 Å². The minimum atomic E-state index is 0.514. The van der Waals surface area contributed by atoms with Gasteiger partial charge in [-0.3, -0.25) is 0 Å². The van der Waals surface area contributed by atoms with Crippen LogP contribution in [0.3, 0.4) is 0 Å². The standard InChI is InChI=1S/C10H9NO/c11-6-8-5-9-3-1-2-4-10(9)12-7-8/h1-6,11H,7H2. The molecule has 0 fully saturated rings. The molecule has 0 saturated carbocycles. The molecule has 0 saturated heterocycles. The largest absolute Gasteiger partial charge is 0.488 e. The van der Waals surface area contributed by atoms with Crippen molar-refractivity contribution in [3.05, 3.63) is 35.4 Å². The van der Waals surface area contributed by atoms with E-state index in [1.54, 1.807) is 0 Å². The number of fused-ring (bicyclic) bond motifs is 1. The number of hydrogen-bond donors (Lipinski definition) is 1. The number of nitrogens with one attached hydrogen (secondary N) is 1. The van der Waals surface area contributed by atoms with Crippen LogP contribution in [0.4, 0.5) is 0 Å². The summed E-state index contributed by atoms with van der Waals surface area (Å²) < 4.78 is 5.41. The molecule has 12 heavy (non-hydrogen) atoms. The molecule has 1 aliphatic rings. The van der Waals surface area contributed by atoms with E-state index in [2.05, 4.69) is 0 Å². The van der Waals surface area contributed by atoms with Crippen molar-refractivity contribution >= 4 is 12.3 Å². The van der Waals surface area contributed by atoms with Gasteiger partial charge in [-0.2, -0.15) is 0 Å². The second-order valence-electron chi connectivity index (χ2n) is 2.69. The van der Waals surface area contributed by atoms with Crippen LogP contribution in [0.25, 0.3) is 6.08 Å². The normalized spacial score (nSPS) is 14.2. The predicted molar refractivity (Wildman–Crippen MR) is 48.7 cm³/mol. The molecule has 2 nitrogen and oxygen atoms in total. The smallest absolute Gasteiger partial charge is 0.127 e. The third kappa shape index (κ3) is 1.11. The van der Waals surface area contributed by atoms with Crippen LogP contribution in [0.5, 0.6) is 5.75 Å². The first-order valence-corrected chi connectivity index (χ1v) is 3.83. The van der Waals surface area contributed by atoms with Crippen LogP contribution in [-0.4, -0.2) is 12.8 Å². The van der Waals surface area contributed by atoms with Gasteiger partial charge in [0.05, 0.1) is 0 Å². The van der Waals surface area contributed by atoms with Crippen LogP contribution in [-0.2, 0) is 0 Å². The molecule has 0 amide bonds. The highest BCUT2D eigenvalue weighted by atomic mass is 16.5. The van der Waals surface area contributed by atoms with E-state index in [9.17, 15) is 0 Å². The second-order valence-corrected chi connectivity index (χ2v) is 2.69. The summed E-state index contributed by atoms with van der Waals surface area (Å²) >= 11 is 0. The minimum absolute atomic E-state index is 0.514. The minimum Gasteiger partial charge on any atom is -0.488 e. The molecule has 0 spiro atoms. The Morgan fingerprint density at radius 1 is 1.33 bits per heavy atom. The number of benzene rings is 1. The summed E-state index contributed by atoms with van der Waals surface area (Å²) in [6, 6.07) is 7.83. The fourth-order valence-electron chi connectivity index (χ4n) is 1.22. The molecule has 0 atom stereocenters. The Hall–Kier alpha value is -1.57. The highest BCUT2D eigenvalue weighted by Crippen LogP contribution is 2.24. The van der Waals surface area contributed by atoms with E-state index in [1.807, 2.05) is 30.3 Å². The van der Waals surface area contributed by atoms with Crippen molar-refractivity contribution < 1.29 is 4.74 Å². The first-order valence-electron chi connectivity index (χ1n) is 3.83. The Labute approximate surface area is 71.0 Å². The SMILES string of the molecule is N=CC1=Cc2ccccc2OC1. The van der Waals surface area contributed by atoms with Crippen molar-refractivity contribution in [1.29, 1.82) is 5.41 Å². The van der Waals surface area contributed by atoms with Gasteiger partial charge < -0.3 is 10.1 Å². The predicted octanol–water partition coefficient (Wildman–Crippen LogP) is 2.11. The van der Waals surface area contributed by atoms with Crippen molar-refractivity contribution in [2.75, 3.05) is 6.61 Å². The topological polar surface area (TPSA) is 33.1 Å². The van der Waals surface area contributed by atoms with Gasteiger partial charge in [0, 0.05) is 17.4 Å². The molecular formula is C10H9NO. The van der Waals surface area contributed by atoms with E-state index in [4.69, 9.17) is 10.1 Å². The summed E-state index contributed by atoms with van der Waals surface area (Å²) in [5.74, 6) is 0.906. The van der Waals surface area contributed by atoms with E-state index in [0.717, 1.165) is 16.9 Å². The number of hydrogen-bond acceptors (Lipinski definition) is 2. The summed E-state index contributed by atoms with van der Waals surface area (Å²) in [4.78, 5) is 0. The Bertz CT molecular complexity index is 341. The van der Waals surface area contributed by atoms with Crippen molar-refractivity contribution in [2.24, 2.45) is 0 Å². The van der Waals surface area contributed by atoms with Gasteiger partial charge in [0.2, 0.25) is 0 Å². The molecule has 1 aromatic rings. The molecule has 60 valence electrons. The van der Waals surface area contributed by atoms with Gasteiger partial charge in [0.15, 0.2) is 0 Å². The van der Waals surface area contributed by atoms with Crippen molar-refractivity contribution in [1.82, 2.24) is 0 Å². The highest BCUT2D eigenvalue weighted by molar-refractivity contribution is 5.85. The molecule has 0 radical (unpaired) electrons. The van der Waals surface area contributed by atoms with Crippen LogP contribution in [0.15, 0.2) is 29.8 Å². The Kier molecular flexibility index (Phi) is 1.67. The fourth-order valence-corrected chi connectivity index (χ4v) is 1.22. The second kappa shape index (κ2) is 2.81. The molecule has 1 aromatic carbocycles. The third-order valence-electron chi connectivity index (χ3n) is 1.84. The van der Waals surface area contributed by atoms with Gasteiger partial charge >= 0.3 is 0 Å². The van der Waals surface area contributed by atoms with Crippen molar-refractivity contribution in [3.8, 4) is 5.75 Å². The molecule has 1 aliphatic heterocycles. The third-order valence-corrected chi connectivity index (χ3v) is 1.84. The van der Waals surface area contributed by atoms with Crippen LogP contribution in [0.1, 0.15) is 5.56 Å². The summed E-state index contributed by atoms with van der Waals surface area (Å²) in [5, 5.41) is 7.07. The van der Waals surface area contributed by atoms with Crippen LogP contribution in [0.2, 0.25) is 0 Å². The zero-order valence-corrected chi connectivity index (χ0v) is 6.58. The highest BCUT2D eigenvalue weighted by Gasteiger charge is 2.07. The van der Waals surface area contributed by atoms with Crippen LogP contribution >= 0.6 is 0 Å². The first-order chi connectivity index (χ1) is 5.90. The number of rotatable bonds is 1. The van der Waals surface area contributed by atoms with Gasteiger partial charge in [0.1, 0.15) is 12.4 Å².